The highest BCUT2D eigenvalue weighted by Crippen LogP contribution is 2.40. The van der Waals surface area contributed by atoms with Crippen LogP contribution in [-0.4, -0.2) is 103 Å². The molecule has 4 rings (SSSR count). The van der Waals surface area contributed by atoms with Crippen LogP contribution < -0.4 is 21.4 Å². The van der Waals surface area contributed by atoms with E-state index in [1.807, 2.05) is 10.6 Å². The quantitative estimate of drug-likeness (QED) is 0.0479. The third-order valence-electron chi connectivity index (χ3n) is 10.2. The lowest BCUT2D eigenvalue weighted by molar-refractivity contribution is -0.220. The molecule has 25 heteroatoms. The Morgan fingerprint density at radius 3 is 1.91 bits per heavy atom. The predicted molar refractivity (Wildman–Crippen MR) is 212 cm³/mol. The Balaban J connectivity index is 1.78. The van der Waals surface area contributed by atoms with Gasteiger partial charge in [-0.15, -0.1) is 0 Å². The fourth-order valence-corrected chi connectivity index (χ4v) is 6.36. The van der Waals surface area contributed by atoms with E-state index in [0.717, 1.165) is 48.9 Å². The maximum atomic E-state index is 15.8. The third-order valence-corrected chi connectivity index (χ3v) is 10.2. The largest absolute Gasteiger partial charge is 0.465 e. The van der Waals surface area contributed by atoms with Crippen LogP contribution in [0, 0.1) is 22.5 Å². The second-order valence-electron chi connectivity index (χ2n) is 16.3. The normalized spacial score (nSPS) is 14.2. The second-order valence-corrected chi connectivity index (χ2v) is 16.3. The van der Waals surface area contributed by atoms with E-state index in [1.165, 1.54) is 45.0 Å². The summed E-state index contributed by atoms with van der Waals surface area (Å²) in [5, 5.41) is 35.4. The summed E-state index contributed by atoms with van der Waals surface area (Å²) >= 11 is 0. The molecule has 0 bridgehead atoms. The van der Waals surface area contributed by atoms with Crippen molar-refractivity contribution in [1.82, 2.24) is 45.9 Å². The number of ether oxygens (including phenoxy) is 1. The van der Waals surface area contributed by atoms with Crippen LogP contribution in [0.5, 0.6) is 0 Å². The molecular weight excluding hydrogens is 889 g/mol. The molecule has 0 aliphatic heterocycles. The number of alkyl carbamates (subject to hydrolysis) is 1. The van der Waals surface area contributed by atoms with Crippen molar-refractivity contribution in [3.63, 3.8) is 0 Å². The summed E-state index contributed by atoms with van der Waals surface area (Å²) in [5.74, 6) is -5.20. The fourth-order valence-electron chi connectivity index (χ4n) is 6.36. The lowest BCUT2D eigenvalue weighted by Crippen LogP contribution is -2.63. The van der Waals surface area contributed by atoms with Crippen molar-refractivity contribution < 1.29 is 73.6 Å². The number of benzene rings is 2. The molecule has 6 N–H and O–H groups in total. The molecule has 4 atom stereocenters. The number of amides is 4. The first-order chi connectivity index (χ1) is 30.1. The average molecular weight is 936 g/mol. The molecule has 0 aliphatic rings. The Bertz CT molecular complexity index is 2280. The van der Waals surface area contributed by atoms with Crippen LogP contribution in [0.25, 0.3) is 22.4 Å². The molecule has 4 unspecified atom stereocenters. The number of methoxy groups -OCH3 is 1. The molecule has 4 amide bonds. The number of carbonyl (C=O) groups is 4. The number of halogens is 9. The minimum Gasteiger partial charge on any atom is -0.465 e. The fraction of sp³-hybridized carbons (Fsp3) is 0.450. The highest BCUT2D eigenvalue weighted by Gasteiger charge is 2.56. The van der Waals surface area contributed by atoms with Crippen molar-refractivity contribution in [3.8, 4) is 22.4 Å². The van der Waals surface area contributed by atoms with E-state index in [1.54, 1.807) is 0 Å². The van der Waals surface area contributed by atoms with Crippen LogP contribution in [-0.2, 0) is 27.3 Å². The third kappa shape index (κ3) is 13.1. The molecule has 0 spiro atoms. The summed E-state index contributed by atoms with van der Waals surface area (Å²) < 4.78 is 132. The maximum absolute atomic E-state index is 15.8. The van der Waals surface area contributed by atoms with E-state index in [4.69, 9.17) is 0 Å². The molecule has 0 fully saturated rings. The van der Waals surface area contributed by atoms with Gasteiger partial charge in [-0.3, -0.25) is 15.0 Å². The van der Waals surface area contributed by atoms with Gasteiger partial charge in [0.1, 0.15) is 23.7 Å². The Morgan fingerprint density at radius 1 is 0.815 bits per heavy atom. The van der Waals surface area contributed by atoms with E-state index in [0.29, 0.717) is 24.1 Å². The number of hydrogen-bond acceptors (Lipinski definition) is 9. The number of nitrogens with one attached hydrogen (secondary N) is 4. The first-order valence-corrected chi connectivity index (χ1v) is 19.3. The number of aliphatic hydroxyl groups is 1. The van der Waals surface area contributed by atoms with Crippen LogP contribution in [0.3, 0.4) is 0 Å². The number of aromatic nitrogens is 4. The van der Waals surface area contributed by atoms with Crippen LogP contribution >= 0.6 is 0 Å². The van der Waals surface area contributed by atoms with Crippen molar-refractivity contribution in [3.05, 3.63) is 83.8 Å². The van der Waals surface area contributed by atoms with Gasteiger partial charge in [0.25, 0.3) is 5.91 Å². The topological polar surface area (TPSA) is 205 Å². The van der Waals surface area contributed by atoms with E-state index in [9.17, 15) is 60.1 Å². The zero-order valence-electron chi connectivity index (χ0n) is 35.4. The number of aliphatic hydroxyl groups excluding tert-OH is 1. The molecule has 2 heterocycles. The van der Waals surface area contributed by atoms with Gasteiger partial charge in [-0.05, 0) is 55.0 Å². The lowest BCUT2D eigenvalue weighted by atomic mass is 9.82. The molecular formula is C40H46F9N9O7. The highest BCUT2D eigenvalue weighted by molar-refractivity contribution is 5.87. The summed E-state index contributed by atoms with van der Waals surface area (Å²) in [6.45, 7) is -2.22. The van der Waals surface area contributed by atoms with Gasteiger partial charge in [0.2, 0.25) is 5.91 Å². The first-order valence-electron chi connectivity index (χ1n) is 19.3. The minimum absolute atomic E-state index is 0.237. The highest BCUT2D eigenvalue weighted by atomic mass is 19.4. The van der Waals surface area contributed by atoms with Gasteiger partial charge in [0, 0.05) is 42.2 Å². The van der Waals surface area contributed by atoms with Gasteiger partial charge >= 0.3 is 31.5 Å². The number of rotatable bonds is 18. The Hall–Kier alpha value is -6.37. The van der Waals surface area contributed by atoms with Gasteiger partial charge in [0.15, 0.2) is 0 Å². The van der Waals surface area contributed by atoms with Crippen molar-refractivity contribution in [2.24, 2.45) is 10.8 Å². The number of carboxylic acid groups (broad SMARTS) is 1. The smallest absolute Gasteiger partial charge is 0.407 e. The van der Waals surface area contributed by atoms with E-state index < -0.39 is 115 Å². The van der Waals surface area contributed by atoms with Crippen LogP contribution in [0.1, 0.15) is 58.8 Å². The molecule has 0 saturated carbocycles. The molecule has 2 aromatic carbocycles. The average Bonchev–Trinajstić information content (AvgIpc) is 3.91. The molecule has 0 saturated heterocycles. The summed E-state index contributed by atoms with van der Waals surface area (Å²) in [6, 6.07) is 2.67. The van der Waals surface area contributed by atoms with Crippen molar-refractivity contribution in [1.29, 1.82) is 0 Å². The molecule has 356 valence electrons. The monoisotopic (exact) mass is 935 g/mol. The number of carbonyl (C=O) groups excluding carboxylic acids is 3. The second kappa shape index (κ2) is 20.6. The van der Waals surface area contributed by atoms with Crippen LogP contribution in [0.2, 0.25) is 0 Å². The molecule has 0 aliphatic carbocycles. The number of hydrazine groups is 1. The van der Waals surface area contributed by atoms with Gasteiger partial charge in [-0.25, -0.2) is 32.7 Å². The van der Waals surface area contributed by atoms with Crippen LogP contribution in [0.4, 0.5) is 49.1 Å². The SMILES string of the molecule is COC(=O)NC(C(=O)NC(Cc1ccc(-c2cnn(C(F)F)c2)cc1)C(O)CN(Cc1c(F)cc(-c2ccn(C(F)F)n2)cc1F)NC(=O)C(NC(=O)O)C(C)(C)C)C(C)(C)C(F)(F)F. The van der Waals surface area contributed by atoms with Gasteiger partial charge < -0.3 is 30.9 Å². The predicted octanol–water partition coefficient (Wildman–Crippen LogP) is 6.40. The standard InChI is InChI=1S/C40H46F9N9O7/c1-38(2,3)30(52-36(62)63)33(61)55-56(18-24-25(41)14-22(15-26(24)42)27-11-12-57(54-27)34(43)44)19-29(59)28(51-32(60)31(53-37(64)65-6)39(4,5)40(47,48)49)13-20-7-9-21(10-8-20)23-16-50-58(17-23)35(45)46/h7-12,14-17,28-31,34-35,52,59H,13,18-19H2,1-6H3,(H,51,60)(H,53,64)(H,55,61)(H,62,63). The summed E-state index contributed by atoms with van der Waals surface area (Å²) in [7, 11) is 0.832. The van der Waals surface area contributed by atoms with Gasteiger partial charge in [-0.2, -0.15) is 40.9 Å². The zero-order chi connectivity index (χ0) is 48.8. The molecule has 65 heavy (non-hydrogen) atoms. The zero-order valence-corrected chi connectivity index (χ0v) is 35.4. The molecule has 0 radical (unpaired) electrons. The Morgan fingerprint density at radius 2 is 1.42 bits per heavy atom. The molecule has 4 aromatic rings. The van der Waals surface area contributed by atoms with E-state index in [2.05, 4.69) is 25.7 Å². The Labute approximate surface area is 365 Å². The van der Waals surface area contributed by atoms with Gasteiger partial charge in [0.05, 0.1) is 36.6 Å². The summed E-state index contributed by atoms with van der Waals surface area (Å²) in [4.78, 5) is 51.5. The van der Waals surface area contributed by atoms with E-state index in [-0.39, 0.29) is 27.1 Å². The maximum Gasteiger partial charge on any atom is 0.407 e. The van der Waals surface area contributed by atoms with Crippen molar-refractivity contribution in [2.75, 3.05) is 13.7 Å². The number of alkyl halides is 7. The Kier molecular flexibility index (Phi) is 16.3. The lowest BCUT2D eigenvalue weighted by Gasteiger charge is -2.37. The van der Waals surface area contributed by atoms with Gasteiger partial charge in [-0.1, -0.05) is 45.0 Å². The summed E-state index contributed by atoms with van der Waals surface area (Å²) in [5.41, 5.74) is -2.21. The number of nitrogens with zero attached hydrogens (tertiary/aromatic N) is 5. The van der Waals surface area contributed by atoms with Crippen molar-refractivity contribution in [2.45, 2.75) is 91.1 Å². The summed E-state index contributed by atoms with van der Waals surface area (Å²) in [6.07, 6.45) is -7.55. The minimum atomic E-state index is -5.13. The number of hydrogen-bond donors (Lipinski definition) is 6. The van der Waals surface area contributed by atoms with E-state index >= 15 is 8.78 Å². The first kappa shape index (κ1) is 51.3. The molecule has 16 nitrogen and oxygen atoms in total. The molecule has 2 aromatic heterocycles. The van der Waals surface area contributed by atoms with Crippen molar-refractivity contribution >= 4 is 24.0 Å². The van der Waals surface area contributed by atoms with Crippen LogP contribution in [0.15, 0.2) is 61.1 Å².